The summed E-state index contributed by atoms with van der Waals surface area (Å²) in [4.78, 5) is 33.7. The minimum absolute atomic E-state index is 0.0856. The van der Waals surface area contributed by atoms with Gasteiger partial charge in [-0.05, 0) is 39.2 Å². The molecule has 3 heterocycles. The SMILES string of the molecule is Cc1cc(C)nc(-c2cn(CCCCCCCC(=O)N3CCC(C(=O)O)C3)nn2)n1. The average Bonchev–Trinajstić information content (AvgIpc) is 3.36. The van der Waals surface area contributed by atoms with Gasteiger partial charge in [0.15, 0.2) is 5.82 Å². The molecule has 0 spiro atoms. The van der Waals surface area contributed by atoms with Gasteiger partial charge >= 0.3 is 5.97 Å². The quantitative estimate of drug-likeness (QED) is 0.594. The number of nitrogens with zero attached hydrogens (tertiary/aromatic N) is 6. The number of hydrogen-bond donors (Lipinski definition) is 1. The van der Waals surface area contributed by atoms with Crippen molar-refractivity contribution in [2.45, 2.75) is 65.3 Å². The van der Waals surface area contributed by atoms with Crippen LogP contribution in [0.1, 0.15) is 56.3 Å². The van der Waals surface area contributed by atoms with Crippen LogP contribution in [-0.2, 0) is 16.1 Å². The van der Waals surface area contributed by atoms with Crippen molar-refractivity contribution in [1.82, 2.24) is 29.9 Å². The number of amides is 1. The van der Waals surface area contributed by atoms with E-state index in [-0.39, 0.29) is 5.91 Å². The van der Waals surface area contributed by atoms with Gasteiger partial charge in [-0.2, -0.15) is 0 Å². The van der Waals surface area contributed by atoms with Crippen molar-refractivity contribution in [2.24, 2.45) is 5.92 Å². The molecule has 1 saturated heterocycles. The van der Waals surface area contributed by atoms with E-state index in [0.717, 1.165) is 50.0 Å². The van der Waals surface area contributed by atoms with Crippen LogP contribution in [-0.4, -0.2) is 59.9 Å². The zero-order valence-electron chi connectivity index (χ0n) is 17.8. The third kappa shape index (κ3) is 6.08. The molecular formula is C21H30N6O3. The van der Waals surface area contributed by atoms with Crippen LogP contribution in [0.25, 0.3) is 11.5 Å². The Labute approximate surface area is 176 Å². The molecule has 3 rings (SSSR count). The van der Waals surface area contributed by atoms with Crippen molar-refractivity contribution >= 4 is 11.9 Å². The minimum atomic E-state index is -0.800. The lowest BCUT2D eigenvalue weighted by Crippen LogP contribution is -2.29. The van der Waals surface area contributed by atoms with E-state index in [0.29, 0.717) is 37.4 Å². The summed E-state index contributed by atoms with van der Waals surface area (Å²) in [6.45, 7) is 5.60. The Hall–Kier alpha value is -2.84. The molecular weight excluding hydrogens is 384 g/mol. The number of aromatic nitrogens is 5. The molecule has 2 aromatic heterocycles. The van der Waals surface area contributed by atoms with Gasteiger partial charge in [0.2, 0.25) is 5.91 Å². The van der Waals surface area contributed by atoms with Gasteiger partial charge in [0.05, 0.1) is 12.1 Å². The van der Waals surface area contributed by atoms with Gasteiger partial charge in [0.25, 0.3) is 0 Å². The highest BCUT2D eigenvalue weighted by atomic mass is 16.4. The first-order chi connectivity index (χ1) is 14.4. The van der Waals surface area contributed by atoms with Crippen molar-refractivity contribution < 1.29 is 14.7 Å². The lowest BCUT2D eigenvalue weighted by molar-refractivity contribution is -0.141. The lowest BCUT2D eigenvalue weighted by atomic mass is 10.1. The van der Waals surface area contributed by atoms with Crippen LogP contribution in [0.4, 0.5) is 0 Å². The van der Waals surface area contributed by atoms with Gasteiger partial charge < -0.3 is 10.0 Å². The summed E-state index contributed by atoms with van der Waals surface area (Å²) in [5.41, 5.74) is 2.52. The van der Waals surface area contributed by atoms with Crippen LogP contribution in [0.15, 0.2) is 12.3 Å². The molecule has 1 aliphatic heterocycles. The topological polar surface area (TPSA) is 114 Å². The van der Waals surface area contributed by atoms with Gasteiger partial charge in [-0.15, -0.1) is 5.10 Å². The van der Waals surface area contributed by atoms with Crippen molar-refractivity contribution in [3.8, 4) is 11.5 Å². The van der Waals surface area contributed by atoms with E-state index in [2.05, 4.69) is 20.3 Å². The standard InChI is InChI=1S/C21H30N6O3/c1-15-12-16(2)23-20(22-15)18-14-27(25-24-18)10-7-5-3-4-6-8-19(28)26-11-9-17(13-26)21(29)30/h12,14,17H,3-11,13H2,1-2H3,(H,29,30). The Kier molecular flexibility index (Phi) is 7.48. The highest BCUT2D eigenvalue weighted by molar-refractivity contribution is 5.78. The molecule has 0 saturated carbocycles. The third-order valence-electron chi connectivity index (χ3n) is 5.42. The van der Waals surface area contributed by atoms with Crippen LogP contribution in [0, 0.1) is 19.8 Å². The summed E-state index contributed by atoms with van der Waals surface area (Å²) in [6.07, 6.45) is 7.94. The molecule has 1 N–H and O–H groups in total. The molecule has 1 aliphatic rings. The van der Waals surface area contributed by atoms with Crippen LogP contribution < -0.4 is 0 Å². The van der Waals surface area contributed by atoms with E-state index in [1.54, 1.807) is 4.90 Å². The Bertz CT molecular complexity index is 861. The van der Waals surface area contributed by atoms with Crippen LogP contribution in [0.2, 0.25) is 0 Å². The second-order valence-corrected chi connectivity index (χ2v) is 8.02. The zero-order chi connectivity index (χ0) is 21.5. The fourth-order valence-corrected chi connectivity index (χ4v) is 3.78. The van der Waals surface area contributed by atoms with Crippen molar-refractivity contribution in [1.29, 1.82) is 0 Å². The summed E-state index contributed by atoms with van der Waals surface area (Å²) in [5, 5.41) is 17.4. The lowest BCUT2D eigenvalue weighted by Gasteiger charge is -2.15. The molecule has 1 atom stereocenters. The second kappa shape index (κ2) is 10.3. The first-order valence-electron chi connectivity index (χ1n) is 10.7. The number of aryl methyl sites for hydroxylation is 3. The number of unbranched alkanes of at least 4 members (excludes halogenated alkanes) is 4. The number of carboxylic acid groups (broad SMARTS) is 1. The Balaban J connectivity index is 1.29. The predicted octanol–water partition coefficient (Wildman–Crippen LogP) is 2.63. The summed E-state index contributed by atoms with van der Waals surface area (Å²) >= 11 is 0. The first-order valence-corrected chi connectivity index (χ1v) is 10.7. The molecule has 9 heteroatoms. The molecule has 1 amide bonds. The largest absolute Gasteiger partial charge is 0.481 e. The van der Waals surface area contributed by atoms with Crippen LogP contribution in [0.5, 0.6) is 0 Å². The Morgan fingerprint density at radius 3 is 2.50 bits per heavy atom. The predicted molar refractivity (Wildman–Crippen MR) is 111 cm³/mol. The van der Waals surface area contributed by atoms with E-state index < -0.39 is 11.9 Å². The van der Waals surface area contributed by atoms with E-state index in [4.69, 9.17) is 5.11 Å². The molecule has 1 fully saturated rings. The molecule has 30 heavy (non-hydrogen) atoms. The number of carbonyl (C=O) groups is 2. The number of carbonyl (C=O) groups excluding carboxylic acids is 1. The van der Waals surface area contributed by atoms with E-state index in [9.17, 15) is 9.59 Å². The van der Waals surface area contributed by atoms with Crippen molar-refractivity contribution in [3.63, 3.8) is 0 Å². The second-order valence-electron chi connectivity index (χ2n) is 8.02. The molecule has 0 bridgehead atoms. The monoisotopic (exact) mass is 414 g/mol. The Morgan fingerprint density at radius 2 is 1.80 bits per heavy atom. The third-order valence-corrected chi connectivity index (χ3v) is 5.42. The molecule has 0 radical (unpaired) electrons. The number of aliphatic carboxylic acids is 1. The molecule has 162 valence electrons. The molecule has 2 aromatic rings. The normalized spacial score (nSPS) is 16.2. The minimum Gasteiger partial charge on any atom is -0.481 e. The smallest absolute Gasteiger partial charge is 0.308 e. The first kappa shape index (κ1) is 21.9. The molecule has 9 nitrogen and oxygen atoms in total. The molecule has 0 aromatic carbocycles. The zero-order valence-corrected chi connectivity index (χ0v) is 17.8. The Morgan fingerprint density at radius 1 is 1.10 bits per heavy atom. The molecule has 0 aliphatic carbocycles. The van der Waals surface area contributed by atoms with Crippen molar-refractivity contribution in [2.75, 3.05) is 13.1 Å². The van der Waals surface area contributed by atoms with Crippen LogP contribution in [0.3, 0.4) is 0 Å². The average molecular weight is 415 g/mol. The highest BCUT2D eigenvalue weighted by Crippen LogP contribution is 2.18. The fraction of sp³-hybridized carbons (Fsp3) is 0.619. The van der Waals surface area contributed by atoms with Gasteiger partial charge in [-0.1, -0.05) is 24.5 Å². The van der Waals surface area contributed by atoms with E-state index in [1.807, 2.05) is 30.8 Å². The van der Waals surface area contributed by atoms with Gasteiger partial charge in [-0.25, -0.2) is 9.97 Å². The number of likely N-dealkylation sites (tertiary alicyclic amines) is 1. The van der Waals surface area contributed by atoms with E-state index in [1.165, 1.54) is 0 Å². The van der Waals surface area contributed by atoms with Gasteiger partial charge in [-0.3, -0.25) is 14.3 Å². The number of rotatable bonds is 10. The summed E-state index contributed by atoms with van der Waals surface area (Å²) in [5.74, 6) is -0.502. The van der Waals surface area contributed by atoms with Crippen LogP contribution >= 0.6 is 0 Å². The summed E-state index contributed by atoms with van der Waals surface area (Å²) < 4.78 is 1.83. The summed E-state index contributed by atoms with van der Waals surface area (Å²) in [7, 11) is 0. The maximum Gasteiger partial charge on any atom is 0.308 e. The maximum absolute atomic E-state index is 12.2. The maximum atomic E-state index is 12.2. The van der Waals surface area contributed by atoms with E-state index >= 15 is 0 Å². The fourth-order valence-electron chi connectivity index (χ4n) is 3.78. The number of carboxylic acids is 1. The van der Waals surface area contributed by atoms with Crippen molar-refractivity contribution in [3.05, 3.63) is 23.7 Å². The van der Waals surface area contributed by atoms with Gasteiger partial charge in [0.1, 0.15) is 5.69 Å². The highest BCUT2D eigenvalue weighted by Gasteiger charge is 2.30. The number of hydrogen-bond acceptors (Lipinski definition) is 6. The van der Waals surface area contributed by atoms with Gasteiger partial charge in [0, 0.05) is 37.4 Å². The molecule has 1 unspecified atom stereocenters. The summed E-state index contributed by atoms with van der Waals surface area (Å²) in [6, 6.07) is 1.93.